The molecule has 7 heteroatoms. The Bertz CT molecular complexity index is 1020. The Labute approximate surface area is 186 Å². The summed E-state index contributed by atoms with van der Waals surface area (Å²) in [5.74, 6) is 0.475. The van der Waals surface area contributed by atoms with E-state index in [0.29, 0.717) is 16.7 Å². The van der Waals surface area contributed by atoms with Gasteiger partial charge >= 0.3 is 5.97 Å². The van der Waals surface area contributed by atoms with Gasteiger partial charge in [0.25, 0.3) is 0 Å². The Morgan fingerprint density at radius 3 is 2.30 bits per heavy atom. The van der Waals surface area contributed by atoms with Crippen molar-refractivity contribution in [1.82, 2.24) is 9.78 Å². The van der Waals surface area contributed by atoms with Gasteiger partial charge in [-0.2, -0.15) is 5.10 Å². The van der Waals surface area contributed by atoms with E-state index in [1.165, 1.54) is 17.3 Å². The molecule has 0 saturated carbocycles. The SMILES string of the molecule is Cc1ccc(Sc2c(C)nn(C(C)(C)C)c2OC(=O)COc2ccc(Cl)cc2)cc1. The van der Waals surface area contributed by atoms with Crippen LogP contribution < -0.4 is 9.47 Å². The summed E-state index contributed by atoms with van der Waals surface area (Å²) in [4.78, 5) is 14.4. The van der Waals surface area contributed by atoms with Gasteiger partial charge in [0, 0.05) is 9.92 Å². The van der Waals surface area contributed by atoms with Crippen LogP contribution in [0.15, 0.2) is 58.3 Å². The van der Waals surface area contributed by atoms with Crippen LogP contribution in [-0.2, 0) is 10.3 Å². The first-order valence-corrected chi connectivity index (χ1v) is 10.8. The fraction of sp³-hybridized carbons (Fsp3) is 0.304. The van der Waals surface area contributed by atoms with Gasteiger partial charge in [0.05, 0.1) is 16.1 Å². The zero-order valence-electron chi connectivity index (χ0n) is 17.7. The highest BCUT2D eigenvalue weighted by molar-refractivity contribution is 7.99. The molecular formula is C23H25ClN2O3S. The third-order valence-corrected chi connectivity index (χ3v) is 5.66. The summed E-state index contributed by atoms with van der Waals surface area (Å²) in [7, 11) is 0. The van der Waals surface area contributed by atoms with Gasteiger partial charge in [-0.15, -0.1) is 0 Å². The lowest BCUT2D eigenvalue weighted by Crippen LogP contribution is -2.27. The molecule has 0 bridgehead atoms. The van der Waals surface area contributed by atoms with Crippen LogP contribution in [0.2, 0.25) is 5.02 Å². The highest BCUT2D eigenvalue weighted by atomic mass is 35.5. The lowest BCUT2D eigenvalue weighted by molar-refractivity contribution is -0.137. The van der Waals surface area contributed by atoms with Crippen LogP contribution in [0.5, 0.6) is 11.6 Å². The van der Waals surface area contributed by atoms with Crippen LogP contribution in [-0.4, -0.2) is 22.4 Å². The molecular weight excluding hydrogens is 420 g/mol. The van der Waals surface area contributed by atoms with E-state index in [4.69, 9.17) is 21.1 Å². The highest BCUT2D eigenvalue weighted by Crippen LogP contribution is 2.40. The Morgan fingerprint density at radius 2 is 1.70 bits per heavy atom. The van der Waals surface area contributed by atoms with E-state index in [1.54, 1.807) is 28.9 Å². The first-order chi connectivity index (χ1) is 14.1. The van der Waals surface area contributed by atoms with E-state index in [2.05, 4.69) is 17.2 Å². The van der Waals surface area contributed by atoms with E-state index in [0.717, 1.165) is 15.5 Å². The average Bonchev–Trinajstić information content (AvgIpc) is 2.99. The fourth-order valence-corrected chi connectivity index (χ4v) is 3.73. The number of aryl methyl sites for hydroxylation is 2. The van der Waals surface area contributed by atoms with Crippen LogP contribution in [0.1, 0.15) is 32.0 Å². The summed E-state index contributed by atoms with van der Waals surface area (Å²) in [6.45, 7) is 9.79. The first-order valence-electron chi connectivity index (χ1n) is 9.57. The molecule has 0 amide bonds. The molecule has 0 unspecified atom stereocenters. The highest BCUT2D eigenvalue weighted by Gasteiger charge is 2.27. The van der Waals surface area contributed by atoms with Crippen molar-refractivity contribution in [3.05, 3.63) is 64.8 Å². The molecule has 0 radical (unpaired) electrons. The van der Waals surface area contributed by atoms with Crippen LogP contribution >= 0.6 is 23.4 Å². The number of carbonyl (C=O) groups excluding carboxylic acids is 1. The summed E-state index contributed by atoms with van der Waals surface area (Å²) in [6, 6.07) is 15.0. The second-order valence-electron chi connectivity index (χ2n) is 7.93. The number of halogens is 1. The number of hydrogen-bond donors (Lipinski definition) is 0. The molecule has 3 rings (SSSR count). The molecule has 2 aromatic carbocycles. The van der Waals surface area contributed by atoms with Crippen molar-refractivity contribution in [2.75, 3.05) is 6.61 Å². The van der Waals surface area contributed by atoms with Crippen molar-refractivity contribution < 1.29 is 14.3 Å². The van der Waals surface area contributed by atoms with Gasteiger partial charge in [0.15, 0.2) is 6.61 Å². The molecule has 1 aromatic heterocycles. The number of ether oxygens (including phenoxy) is 2. The summed E-state index contributed by atoms with van der Waals surface area (Å²) in [5.41, 5.74) is 1.63. The molecule has 5 nitrogen and oxygen atoms in total. The maximum atomic E-state index is 12.6. The largest absolute Gasteiger partial charge is 0.482 e. The van der Waals surface area contributed by atoms with Gasteiger partial charge < -0.3 is 9.47 Å². The number of benzene rings is 2. The lowest BCUT2D eigenvalue weighted by atomic mass is 10.1. The van der Waals surface area contributed by atoms with Gasteiger partial charge in [-0.25, -0.2) is 9.48 Å². The molecule has 0 saturated heterocycles. The average molecular weight is 445 g/mol. The number of hydrogen-bond acceptors (Lipinski definition) is 5. The molecule has 30 heavy (non-hydrogen) atoms. The number of carbonyl (C=O) groups is 1. The van der Waals surface area contributed by atoms with Crippen LogP contribution in [0.25, 0.3) is 0 Å². The number of nitrogens with zero attached hydrogens (tertiary/aromatic N) is 2. The minimum Gasteiger partial charge on any atom is -0.482 e. The summed E-state index contributed by atoms with van der Waals surface area (Å²) < 4.78 is 13.0. The second-order valence-corrected chi connectivity index (χ2v) is 9.45. The maximum Gasteiger partial charge on any atom is 0.350 e. The topological polar surface area (TPSA) is 53.4 Å². The minimum atomic E-state index is -0.499. The molecule has 158 valence electrons. The molecule has 0 aliphatic carbocycles. The number of aromatic nitrogens is 2. The van der Waals surface area contributed by atoms with Crippen molar-refractivity contribution in [3.63, 3.8) is 0 Å². The van der Waals surface area contributed by atoms with Crippen LogP contribution in [0.4, 0.5) is 0 Å². The van der Waals surface area contributed by atoms with E-state index in [9.17, 15) is 4.79 Å². The molecule has 1 heterocycles. The van der Waals surface area contributed by atoms with Crippen molar-refractivity contribution in [3.8, 4) is 11.6 Å². The molecule has 0 spiro atoms. The van der Waals surface area contributed by atoms with Crippen LogP contribution in [0, 0.1) is 13.8 Å². The normalized spacial score (nSPS) is 11.4. The van der Waals surface area contributed by atoms with E-state index >= 15 is 0 Å². The Balaban J connectivity index is 1.82. The number of rotatable bonds is 6. The van der Waals surface area contributed by atoms with Crippen molar-refractivity contribution >= 4 is 29.3 Å². The summed E-state index contributed by atoms with van der Waals surface area (Å²) in [5, 5.41) is 5.24. The van der Waals surface area contributed by atoms with Crippen molar-refractivity contribution in [2.24, 2.45) is 0 Å². The molecule has 0 aliphatic rings. The summed E-state index contributed by atoms with van der Waals surface area (Å²) >= 11 is 7.41. The lowest BCUT2D eigenvalue weighted by Gasteiger charge is -2.22. The quantitative estimate of drug-likeness (QED) is 0.433. The first kappa shape index (κ1) is 22.2. The molecule has 0 N–H and O–H groups in total. The smallest absolute Gasteiger partial charge is 0.350 e. The minimum absolute atomic E-state index is 0.218. The predicted molar refractivity (Wildman–Crippen MR) is 120 cm³/mol. The van der Waals surface area contributed by atoms with Crippen molar-refractivity contribution in [2.45, 2.75) is 49.9 Å². The number of esters is 1. The second kappa shape index (κ2) is 9.14. The monoisotopic (exact) mass is 444 g/mol. The van der Waals surface area contributed by atoms with E-state index in [1.807, 2.05) is 46.8 Å². The van der Waals surface area contributed by atoms with Gasteiger partial charge in [0.2, 0.25) is 5.88 Å². The summed E-state index contributed by atoms with van der Waals surface area (Å²) in [6.07, 6.45) is 0. The van der Waals surface area contributed by atoms with E-state index in [-0.39, 0.29) is 12.1 Å². The predicted octanol–water partition coefficient (Wildman–Crippen LogP) is 6.04. The van der Waals surface area contributed by atoms with Crippen molar-refractivity contribution in [1.29, 1.82) is 0 Å². The van der Waals surface area contributed by atoms with E-state index < -0.39 is 5.97 Å². The third kappa shape index (κ3) is 5.58. The fourth-order valence-electron chi connectivity index (χ4n) is 2.69. The van der Waals surface area contributed by atoms with Gasteiger partial charge in [-0.3, -0.25) is 0 Å². The Hall–Kier alpha value is -2.44. The van der Waals surface area contributed by atoms with Gasteiger partial charge in [-0.1, -0.05) is 41.1 Å². The Kier molecular flexibility index (Phi) is 6.78. The zero-order chi connectivity index (χ0) is 21.9. The molecule has 0 aliphatic heterocycles. The molecule has 0 atom stereocenters. The van der Waals surface area contributed by atoms with Gasteiger partial charge in [-0.05, 0) is 71.0 Å². The van der Waals surface area contributed by atoms with Gasteiger partial charge in [0.1, 0.15) is 5.75 Å². The zero-order valence-corrected chi connectivity index (χ0v) is 19.3. The Morgan fingerprint density at radius 1 is 1.07 bits per heavy atom. The molecule has 0 fully saturated rings. The van der Waals surface area contributed by atoms with Crippen LogP contribution in [0.3, 0.4) is 0 Å². The molecule has 3 aromatic rings. The third-order valence-electron chi connectivity index (χ3n) is 4.22. The maximum absolute atomic E-state index is 12.6. The standard InChI is InChI=1S/C23H25ClN2O3S/c1-15-6-12-19(13-7-15)30-21-16(2)25-26(23(3,4)5)22(21)29-20(27)14-28-18-10-8-17(24)9-11-18/h6-13H,14H2,1-5H3.